The number of carbonyl (C=O) groups excluding carboxylic acids is 2. The van der Waals surface area contributed by atoms with Crippen molar-refractivity contribution >= 4 is 46.6 Å². The minimum atomic E-state index is -1.15. The van der Waals surface area contributed by atoms with E-state index in [2.05, 4.69) is 70.3 Å². The molecular weight excluding hydrogens is 923 g/mol. The number of anilines is 2. The first-order valence-corrected chi connectivity index (χ1v) is 24.3. The van der Waals surface area contributed by atoms with Crippen LogP contribution in [0, 0.1) is 0 Å². The number of aromatic hydroxyl groups is 2. The van der Waals surface area contributed by atoms with Crippen LogP contribution in [0.2, 0.25) is 0 Å². The Morgan fingerprint density at radius 2 is 0.847 bits per heavy atom. The summed E-state index contributed by atoms with van der Waals surface area (Å²) in [6.45, 7) is 7.10. The van der Waals surface area contributed by atoms with E-state index in [-0.39, 0.29) is 33.8 Å². The summed E-state index contributed by atoms with van der Waals surface area (Å²) >= 11 is 1.89. The molecule has 0 radical (unpaired) electrons. The van der Waals surface area contributed by atoms with Crippen LogP contribution in [0.1, 0.15) is 59.0 Å². The molecule has 1 saturated heterocycles. The molecule has 0 aliphatic carbocycles. The standard InChI is InChI=1S/C20H25N3S.2C20H14O4/c1-21-13-15-22(16-14-21)11-6-12-23-17-7-2-4-9-19(17)24-20-10-5-3-8-18(20)23;2*21-18-11-10-14(12-17(18)13-6-2-1-3-7-13)19(22)15-8-4-5-9-16(15)20(23)24/h2-5,7-10H,6,11-16H2,1H3;2*1-12,21H,(H,23,24). The smallest absolute Gasteiger partial charge is 0.336 e. The monoisotopic (exact) mass is 975 g/mol. The van der Waals surface area contributed by atoms with Gasteiger partial charge < -0.3 is 35.1 Å². The zero-order chi connectivity index (χ0) is 50.6. The van der Waals surface area contributed by atoms with E-state index < -0.39 is 23.5 Å². The van der Waals surface area contributed by atoms with Crippen LogP contribution in [0.3, 0.4) is 0 Å². The minimum absolute atomic E-state index is 0.0446. The number of aromatic carboxylic acids is 2. The molecule has 0 amide bonds. The molecule has 0 unspecified atom stereocenters. The lowest BCUT2D eigenvalue weighted by Crippen LogP contribution is -2.45. The van der Waals surface area contributed by atoms with E-state index in [1.54, 1.807) is 36.4 Å². The van der Waals surface area contributed by atoms with Gasteiger partial charge in [-0.3, -0.25) is 9.59 Å². The lowest BCUT2D eigenvalue weighted by Gasteiger charge is -2.35. The summed E-state index contributed by atoms with van der Waals surface area (Å²) in [5.74, 6) is -2.98. The second-order valence-corrected chi connectivity index (χ2v) is 18.3. The van der Waals surface area contributed by atoms with E-state index in [4.69, 9.17) is 0 Å². The predicted octanol–water partition coefficient (Wildman–Crippen LogP) is 11.9. The first-order valence-electron chi connectivity index (χ1n) is 23.5. The number of hydrogen-bond acceptors (Lipinski definition) is 10. The van der Waals surface area contributed by atoms with Crippen molar-refractivity contribution in [2.45, 2.75) is 16.2 Å². The second-order valence-electron chi connectivity index (χ2n) is 17.2. The van der Waals surface area contributed by atoms with Gasteiger partial charge in [0, 0.05) is 75.9 Å². The number of carboxylic acid groups (broad SMARTS) is 2. The van der Waals surface area contributed by atoms with Gasteiger partial charge in [0.25, 0.3) is 0 Å². The summed E-state index contributed by atoms with van der Waals surface area (Å²) in [4.78, 5) is 58.3. The van der Waals surface area contributed by atoms with Crippen LogP contribution < -0.4 is 4.90 Å². The SMILES string of the molecule is CN1CCN(CCCN2c3ccccc3Sc3ccccc32)CC1.O=C(O)c1ccccc1C(=O)c1ccc(O)c(-c2ccccc2)c1.O=C(O)c1ccccc1C(=O)c1ccc(O)c(-c2ccccc2)c1. The molecule has 11 nitrogen and oxygen atoms in total. The van der Waals surface area contributed by atoms with Gasteiger partial charge in [-0.2, -0.15) is 0 Å². The summed E-state index contributed by atoms with van der Waals surface area (Å²) in [6, 6.07) is 57.1. The van der Waals surface area contributed by atoms with Crippen LogP contribution in [-0.4, -0.2) is 100 Å². The van der Waals surface area contributed by atoms with Crippen LogP contribution in [0.4, 0.5) is 11.4 Å². The normalized spacial score (nSPS) is 13.0. The first-order chi connectivity index (χ1) is 35.0. The quantitative estimate of drug-likeness (QED) is 0.0860. The highest BCUT2D eigenvalue weighted by molar-refractivity contribution is 7.99. The maximum atomic E-state index is 12.7. The number of piperazine rings is 1. The lowest BCUT2D eigenvalue weighted by molar-refractivity contribution is 0.0683. The van der Waals surface area contributed by atoms with Crippen LogP contribution in [0.15, 0.2) is 204 Å². The molecule has 362 valence electrons. The van der Waals surface area contributed by atoms with Crippen molar-refractivity contribution in [1.29, 1.82) is 0 Å². The van der Waals surface area contributed by atoms with Gasteiger partial charge in [0.1, 0.15) is 11.5 Å². The highest BCUT2D eigenvalue weighted by Crippen LogP contribution is 2.48. The van der Waals surface area contributed by atoms with Gasteiger partial charge in [-0.15, -0.1) is 0 Å². The molecule has 12 heteroatoms. The maximum absolute atomic E-state index is 12.7. The number of phenolic OH excluding ortho intramolecular Hbond substituents is 2. The van der Waals surface area contributed by atoms with Gasteiger partial charge in [0.2, 0.25) is 0 Å². The average molecular weight is 976 g/mol. The van der Waals surface area contributed by atoms with Crippen molar-refractivity contribution in [2.75, 3.05) is 51.2 Å². The van der Waals surface area contributed by atoms with Crippen molar-refractivity contribution < 1.29 is 39.6 Å². The summed E-state index contributed by atoms with van der Waals surface area (Å²) in [7, 11) is 2.22. The fourth-order valence-electron chi connectivity index (χ4n) is 8.64. The Balaban J connectivity index is 0.000000144. The molecule has 1 fully saturated rings. The molecule has 2 aliphatic rings. The van der Waals surface area contributed by atoms with Gasteiger partial charge in [-0.05, 0) is 104 Å². The Bertz CT molecular complexity index is 3010. The molecule has 72 heavy (non-hydrogen) atoms. The Labute approximate surface area is 422 Å². The van der Waals surface area contributed by atoms with E-state index in [0.29, 0.717) is 22.3 Å². The number of carbonyl (C=O) groups is 4. The molecule has 0 atom stereocenters. The van der Waals surface area contributed by atoms with Crippen molar-refractivity contribution in [3.63, 3.8) is 0 Å². The van der Waals surface area contributed by atoms with Gasteiger partial charge >= 0.3 is 11.9 Å². The largest absolute Gasteiger partial charge is 0.507 e. The summed E-state index contributed by atoms with van der Waals surface area (Å²) in [5, 5.41) is 38.6. The maximum Gasteiger partial charge on any atom is 0.336 e. The van der Waals surface area contributed by atoms with Gasteiger partial charge in [0.15, 0.2) is 11.6 Å². The fourth-order valence-corrected chi connectivity index (χ4v) is 9.74. The number of fused-ring (bicyclic) bond motifs is 2. The Kier molecular flexibility index (Phi) is 16.4. The van der Waals surface area contributed by atoms with E-state index in [0.717, 1.165) is 17.7 Å². The fraction of sp³-hybridized carbons (Fsp3) is 0.133. The van der Waals surface area contributed by atoms with Crippen LogP contribution >= 0.6 is 11.8 Å². The van der Waals surface area contributed by atoms with Crippen molar-refractivity contribution in [1.82, 2.24) is 9.80 Å². The highest BCUT2D eigenvalue weighted by Gasteiger charge is 2.24. The molecule has 4 N–H and O–H groups in total. The van der Waals surface area contributed by atoms with E-state index in [1.807, 2.05) is 72.4 Å². The average Bonchev–Trinajstić information content (AvgIpc) is 3.42. The lowest BCUT2D eigenvalue weighted by atomic mass is 9.95. The third-order valence-electron chi connectivity index (χ3n) is 12.5. The molecule has 8 aromatic carbocycles. The summed E-state index contributed by atoms with van der Waals surface area (Å²) in [5.41, 5.74) is 6.11. The number of para-hydroxylation sites is 2. The molecule has 2 aliphatic heterocycles. The molecule has 0 bridgehead atoms. The number of ketones is 2. The molecule has 10 rings (SSSR count). The van der Waals surface area contributed by atoms with Gasteiger partial charge in [-0.1, -0.05) is 133 Å². The first kappa shape index (κ1) is 50.1. The topological polar surface area (TPSA) is 159 Å². The van der Waals surface area contributed by atoms with Crippen LogP contribution in [0.25, 0.3) is 22.3 Å². The van der Waals surface area contributed by atoms with Gasteiger partial charge in [-0.25, -0.2) is 9.59 Å². The van der Waals surface area contributed by atoms with E-state index in [1.165, 1.54) is 109 Å². The molecule has 2 heterocycles. The second kappa shape index (κ2) is 23.5. The summed E-state index contributed by atoms with van der Waals surface area (Å²) in [6.07, 6.45) is 1.21. The van der Waals surface area contributed by atoms with Crippen molar-refractivity contribution in [3.05, 3.63) is 228 Å². The molecule has 8 aromatic rings. The number of nitrogens with zero attached hydrogens (tertiary/aromatic N) is 3. The Hall–Kier alpha value is -8.29. The molecule has 0 spiro atoms. The van der Waals surface area contributed by atoms with E-state index >= 15 is 0 Å². The summed E-state index contributed by atoms with van der Waals surface area (Å²) < 4.78 is 0. The third-order valence-corrected chi connectivity index (χ3v) is 13.6. The van der Waals surface area contributed by atoms with Crippen LogP contribution in [0.5, 0.6) is 11.5 Å². The number of hydrogen-bond donors (Lipinski definition) is 4. The zero-order valence-electron chi connectivity index (χ0n) is 39.6. The highest BCUT2D eigenvalue weighted by atomic mass is 32.2. The number of likely N-dealkylation sites (N-methyl/N-ethyl adjacent to an activating group) is 1. The molecule has 0 aromatic heterocycles. The number of rotatable bonds is 12. The number of carboxylic acids is 2. The van der Waals surface area contributed by atoms with Crippen molar-refractivity contribution in [2.24, 2.45) is 0 Å². The van der Waals surface area contributed by atoms with Crippen LogP contribution in [-0.2, 0) is 0 Å². The van der Waals surface area contributed by atoms with Gasteiger partial charge in [0.05, 0.1) is 22.5 Å². The predicted molar refractivity (Wildman–Crippen MR) is 283 cm³/mol. The number of benzene rings is 8. The molecule has 0 saturated carbocycles. The number of phenols is 2. The molecular formula is C60H53N3O8S. The van der Waals surface area contributed by atoms with Crippen molar-refractivity contribution in [3.8, 4) is 33.8 Å². The third kappa shape index (κ3) is 12.0. The Morgan fingerprint density at radius 1 is 0.458 bits per heavy atom. The van der Waals surface area contributed by atoms with E-state index in [9.17, 15) is 39.6 Å². The zero-order valence-corrected chi connectivity index (χ0v) is 40.4. The Morgan fingerprint density at radius 3 is 1.28 bits per heavy atom. The minimum Gasteiger partial charge on any atom is -0.507 e.